The van der Waals surface area contributed by atoms with Crippen molar-refractivity contribution < 1.29 is 14.3 Å². The standard InChI is InChI=1S/C25H25N3O3/c1-17-15-23(27-18(2)26-17)31-20-11-8-14-28(16-20)25(30)22-13-7-6-12-21(22)24(29)19-9-4-3-5-10-19/h3-7,9-10,12-13,15,20H,8,11,14,16H2,1-2H3. The van der Waals surface area contributed by atoms with Crippen LogP contribution >= 0.6 is 0 Å². The van der Waals surface area contributed by atoms with E-state index in [1.807, 2.05) is 38.1 Å². The molecular weight excluding hydrogens is 390 g/mol. The number of nitrogens with zero attached hydrogens (tertiary/aromatic N) is 3. The Labute approximate surface area is 181 Å². The van der Waals surface area contributed by atoms with Crippen LogP contribution in [0.25, 0.3) is 0 Å². The fraction of sp³-hybridized carbons (Fsp3) is 0.280. The van der Waals surface area contributed by atoms with Crippen molar-refractivity contribution in [3.05, 3.63) is 88.9 Å². The summed E-state index contributed by atoms with van der Waals surface area (Å²) in [6.45, 7) is 4.82. The molecule has 1 unspecified atom stereocenters. The van der Waals surface area contributed by atoms with Crippen LogP contribution in [0.15, 0.2) is 60.7 Å². The lowest BCUT2D eigenvalue weighted by Gasteiger charge is -2.33. The van der Waals surface area contributed by atoms with Gasteiger partial charge in [-0.05, 0) is 32.8 Å². The van der Waals surface area contributed by atoms with E-state index >= 15 is 0 Å². The molecular formula is C25H25N3O3. The molecule has 6 nitrogen and oxygen atoms in total. The molecule has 1 aromatic heterocycles. The second-order valence-electron chi connectivity index (χ2n) is 7.77. The SMILES string of the molecule is Cc1cc(OC2CCCN(C(=O)c3ccccc3C(=O)c3ccccc3)C2)nc(C)n1. The monoisotopic (exact) mass is 415 g/mol. The van der Waals surface area contributed by atoms with Crippen LogP contribution in [-0.4, -0.2) is 45.8 Å². The molecule has 2 aromatic carbocycles. The number of rotatable bonds is 5. The molecule has 0 radical (unpaired) electrons. The zero-order valence-corrected chi connectivity index (χ0v) is 17.7. The van der Waals surface area contributed by atoms with Crippen LogP contribution in [0.4, 0.5) is 0 Å². The number of carbonyl (C=O) groups is 2. The molecule has 158 valence electrons. The average molecular weight is 415 g/mol. The predicted octanol–water partition coefficient (Wildman–Crippen LogP) is 4.01. The molecule has 1 fully saturated rings. The summed E-state index contributed by atoms with van der Waals surface area (Å²) in [5.41, 5.74) is 2.26. The van der Waals surface area contributed by atoms with Gasteiger partial charge in [0.15, 0.2) is 5.78 Å². The van der Waals surface area contributed by atoms with E-state index in [-0.39, 0.29) is 17.8 Å². The van der Waals surface area contributed by atoms with Gasteiger partial charge in [-0.3, -0.25) is 9.59 Å². The lowest BCUT2D eigenvalue weighted by molar-refractivity contribution is 0.0525. The number of ether oxygens (including phenoxy) is 1. The number of carbonyl (C=O) groups excluding carboxylic acids is 2. The molecule has 0 spiro atoms. The fourth-order valence-electron chi connectivity index (χ4n) is 3.92. The van der Waals surface area contributed by atoms with Gasteiger partial charge < -0.3 is 9.64 Å². The minimum Gasteiger partial charge on any atom is -0.472 e. The van der Waals surface area contributed by atoms with Gasteiger partial charge in [-0.15, -0.1) is 0 Å². The van der Waals surface area contributed by atoms with Gasteiger partial charge in [0.2, 0.25) is 5.88 Å². The van der Waals surface area contributed by atoms with E-state index in [0.29, 0.717) is 41.5 Å². The molecule has 1 aliphatic rings. The quantitative estimate of drug-likeness (QED) is 0.589. The molecule has 0 saturated carbocycles. The second kappa shape index (κ2) is 9.08. The number of aromatic nitrogens is 2. The van der Waals surface area contributed by atoms with Crippen molar-refractivity contribution in [2.24, 2.45) is 0 Å². The molecule has 6 heteroatoms. The minimum atomic E-state index is -0.152. The summed E-state index contributed by atoms with van der Waals surface area (Å²) in [7, 11) is 0. The van der Waals surface area contributed by atoms with Gasteiger partial charge >= 0.3 is 0 Å². The van der Waals surface area contributed by atoms with Crippen molar-refractivity contribution in [3.63, 3.8) is 0 Å². The maximum absolute atomic E-state index is 13.4. The third kappa shape index (κ3) is 4.79. The zero-order chi connectivity index (χ0) is 21.8. The molecule has 0 bridgehead atoms. The van der Waals surface area contributed by atoms with Crippen molar-refractivity contribution in [2.45, 2.75) is 32.8 Å². The van der Waals surface area contributed by atoms with E-state index in [1.165, 1.54) is 0 Å². The highest BCUT2D eigenvalue weighted by molar-refractivity contribution is 6.15. The topological polar surface area (TPSA) is 72.4 Å². The van der Waals surface area contributed by atoms with E-state index in [1.54, 1.807) is 41.3 Å². The maximum atomic E-state index is 13.4. The third-order valence-corrected chi connectivity index (χ3v) is 5.33. The molecule has 0 aliphatic carbocycles. The summed E-state index contributed by atoms with van der Waals surface area (Å²) >= 11 is 0. The van der Waals surface area contributed by atoms with Crippen molar-refractivity contribution in [3.8, 4) is 5.88 Å². The number of likely N-dealkylation sites (tertiary alicyclic amines) is 1. The van der Waals surface area contributed by atoms with Crippen LogP contribution in [-0.2, 0) is 0 Å². The highest BCUT2D eigenvalue weighted by Gasteiger charge is 2.28. The van der Waals surface area contributed by atoms with Crippen LogP contribution in [0.2, 0.25) is 0 Å². The maximum Gasteiger partial charge on any atom is 0.254 e. The van der Waals surface area contributed by atoms with Gasteiger partial charge in [-0.25, -0.2) is 4.98 Å². The molecule has 0 N–H and O–H groups in total. The van der Waals surface area contributed by atoms with Crippen molar-refractivity contribution in [2.75, 3.05) is 13.1 Å². The second-order valence-corrected chi connectivity index (χ2v) is 7.77. The first-order chi connectivity index (χ1) is 15.0. The number of hydrogen-bond acceptors (Lipinski definition) is 5. The van der Waals surface area contributed by atoms with Crippen molar-refractivity contribution in [1.82, 2.24) is 14.9 Å². The van der Waals surface area contributed by atoms with Gasteiger partial charge in [0.1, 0.15) is 11.9 Å². The van der Waals surface area contributed by atoms with E-state index in [4.69, 9.17) is 4.74 Å². The molecule has 1 atom stereocenters. The van der Waals surface area contributed by atoms with E-state index in [2.05, 4.69) is 9.97 Å². The van der Waals surface area contributed by atoms with Gasteiger partial charge in [0, 0.05) is 29.4 Å². The number of aryl methyl sites for hydroxylation is 2. The zero-order valence-electron chi connectivity index (χ0n) is 17.7. The first-order valence-electron chi connectivity index (χ1n) is 10.5. The van der Waals surface area contributed by atoms with Gasteiger partial charge in [0.25, 0.3) is 5.91 Å². The predicted molar refractivity (Wildman–Crippen MR) is 117 cm³/mol. The number of benzene rings is 2. The summed E-state index contributed by atoms with van der Waals surface area (Å²) in [4.78, 5) is 36.8. The molecule has 3 aromatic rings. The summed E-state index contributed by atoms with van der Waals surface area (Å²) in [5, 5.41) is 0. The van der Waals surface area contributed by atoms with Crippen LogP contribution < -0.4 is 4.74 Å². The Kier molecular flexibility index (Phi) is 6.07. The smallest absolute Gasteiger partial charge is 0.254 e. The van der Waals surface area contributed by atoms with E-state index in [9.17, 15) is 9.59 Å². The number of amides is 1. The molecule has 1 amide bonds. The Morgan fingerprint density at radius 3 is 2.42 bits per heavy atom. The summed E-state index contributed by atoms with van der Waals surface area (Å²) < 4.78 is 6.07. The minimum absolute atomic E-state index is 0.150. The normalized spacial score (nSPS) is 16.1. The Hall–Kier alpha value is -3.54. The highest BCUT2D eigenvalue weighted by atomic mass is 16.5. The highest BCUT2D eigenvalue weighted by Crippen LogP contribution is 2.22. The first-order valence-corrected chi connectivity index (χ1v) is 10.5. The van der Waals surface area contributed by atoms with Gasteiger partial charge in [0.05, 0.1) is 12.1 Å². The fourth-order valence-corrected chi connectivity index (χ4v) is 3.92. The van der Waals surface area contributed by atoms with Gasteiger partial charge in [-0.1, -0.05) is 48.5 Å². The van der Waals surface area contributed by atoms with Crippen LogP contribution in [0.5, 0.6) is 5.88 Å². The molecule has 1 saturated heterocycles. The summed E-state index contributed by atoms with van der Waals surface area (Å²) in [5.74, 6) is 0.889. The number of ketones is 1. The van der Waals surface area contributed by atoms with Crippen molar-refractivity contribution in [1.29, 1.82) is 0 Å². The van der Waals surface area contributed by atoms with Crippen molar-refractivity contribution >= 4 is 11.7 Å². The Balaban J connectivity index is 1.52. The Morgan fingerprint density at radius 2 is 1.68 bits per heavy atom. The van der Waals surface area contributed by atoms with E-state index in [0.717, 1.165) is 18.5 Å². The molecule has 31 heavy (non-hydrogen) atoms. The third-order valence-electron chi connectivity index (χ3n) is 5.33. The first kappa shape index (κ1) is 20.7. The van der Waals surface area contributed by atoms with Crippen LogP contribution in [0, 0.1) is 13.8 Å². The lowest BCUT2D eigenvalue weighted by atomic mass is 9.97. The number of hydrogen-bond donors (Lipinski definition) is 0. The molecule has 2 heterocycles. The van der Waals surface area contributed by atoms with Crippen LogP contribution in [0.1, 0.15) is 50.6 Å². The number of piperidine rings is 1. The molecule has 4 rings (SSSR count). The largest absolute Gasteiger partial charge is 0.472 e. The summed E-state index contributed by atoms with van der Waals surface area (Å²) in [6, 6.07) is 17.9. The molecule has 1 aliphatic heterocycles. The van der Waals surface area contributed by atoms with Crippen LogP contribution in [0.3, 0.4) is 0 Å². The van der Waals surface area contributed by atoms with Gasteiger partial charge in [-0.2, -0.15) is 4.98 Å². The average Bonchev–Trinajstić information content (AvgIpc) is 2.78. The summed E-state index contributed by atoms with van der Waals surface area (Å²) in [6.07, 6.45) is 1.52. The Morgan fingerprint density at radius 1 is 0.968 bits per heavy atom. The Bertz CT molecular complexity index is 1080. The van der Waals surface area contributed by atoms with E-state index < -0.39 is 0 Å². The lowest BCUT2D eigenvalue weighted by Crippen LogP contribution is -2.44.